The van der Waals surface area contributed by atoms with E-state index in [2.05, 4.69) is 37.7 Å². The van der Waals surface area contributed by atoms with E-state index in [1.807, 2.05) is 24.8 Å². The third-order valence-corrected chi connectivity index (χ3v) is 3.90. The Balaban J connectivity index is 1.84. The lowest BCUT2D eigenvalue weighted by molar-refractivity contribution is 0.795. The minimum atomic E-state index is 0.480. The molecule has 5 nitrogen and oxygen atoms in total. The van der Waals surface area contributed by atoms with Crippen molar-refractivity contribution in [2.24, 2.45) is 0 Å². The molecule has 1 aliphatic heterocycles. The number of nitrogens with zero attached hydrogens (tertiary/aromatic N) is 1. The summed E-state index contributed by atoms with van der Waals surface area (Å²) in [6, 6.07) is 4.64. The van der Waals surface area contributed by atoms with Crippen molar-refractivity contribution in [3.05, 3.63) is 36.9 Å². The van der Waals surface area contributed by atoms with Gasteiger partial charge in [-0.1, -0.05) is 0 Å². The van der Waals surface area contributed by atoms with Crippen LogP contribution in [0.1, 0.15) is 6.42 Å². The highest BCUT2D eigenvalue weighted by Gasteiger charge is 2.18. The molecular formula is C15H17N5. The van der Waals surface area contributed by atoms with Gasteiger partial charge in [0.2, 0.25) is 0 Å². The minimum absolute atomic E-state index is 0.480. The highest BCUT2D eigenvalue weighted by atomic mass is 15.0. The zero-order valence-electron chi connectivity index (χ0n) is 11.1. The lowest BCUT2D eigenvalue weighted by atomic mass is 10.1. The Kier molecular flexibility index (Phi) is 2.70. The van der Waals surface area contributed by atoms with Crippen molar-refractivity contribution in [2.75, 3.05) is 18.4 Å². The molecule has 0 aliphatic carbocycles. The first kappa shape index (κ1) is 11.5. The highest BCUT2D eigenvalue weighted by Crippen LogP contribution is 2.33. The van der Waals surface area contributed by atoms with Crippen LogP contribution in [0.4, 0.5) is 5.69 Å². The number of anilines is 1. The smallest absolute Gasteiger partial charge is 0.139 e. The molecule has 5 heteroatoms. The first-order valence-corrected chi connectivity index (χ1v) is 6.98. The van der Waals surface area contributed by atoms with Crippen LogP contribution >= 0.6 is 0 Å². The molecular weight excluding hydrogens is 250 g/mol. The van der Waals surface area contributed by atoms with Crippen LogP contribution in [0.5, 0.6) is 0 Å². The predicted octanol–water partition coefficient (Wildman–Crippen LogP) is 2.33. The lowest BCUT2D eigenvalue weighted by Crippen LogP contribution is -2.22. The molecule has 0 aromatic carbocycles. The van der Waals surface area contributed by atoms with Crippen molar-refractivity contribution >= 4 is 16.7 Å². The van der Waals surface area contributed by atoms with Crippen LogP contribution < -0.4 is 10.6 Å². The number of aromatic nitrogens is 3. The predicted molar refractivity (Wildman–Crippen MR) is 80.8 cm³/mol. The largest absolute Gasteiger partial charge is 0.380 e. The van der Waals surface area contributed by atoms with Crippen LogP contribution in [0.3, 0.4) is 0 Å². The molecule has 3 aromatic rings. The Morgan fingerprint density at radius 3 is 3.05 bits per heavy atom. The summed E-state index contributed by atoms with van der Waals surface area (Å²) in [5.74, 6) is 0. The minimum Gasteiger partial charge on any atom is -0.380 e. The van der Waals surface area contributed by atoms with E-state index in [0.29, 0.717) is 6.04 Å². The summed E-state index contributed by atoms with van der Waals surface area (Å²) in [5.41, 5.74) is 4.40. The van der Waals surface area contributed by atoms with Gasteiger partial charge in [-0.25, -0.2) is 4.98 Å². The van der Waals surface area contributed by atoms with Crippen molar-refractivity contribution < 1.29 is 0 Å². The molecule has 102 valence electrons. The van der Waals surface area contributed by atoms with E-state index in [4.69, 9.17) is 0 Å². The Labute approximate surface area is 116 Å². The monoisotopic (exact) mass is 267 g/mol. The summed E-state index contributed by atoms with van der Waals surface area (Å²) in [5, 5.41) is 8.24. The number of aromatic amines is 2. The fraction of sp³-hybridized carbons (Fsp3) is 0.267. The highest BCUT2D eigenvalue weighted by molar-refractivity contribution is 5.98. The van der Waals surface area contributed by atoms with E-state index in [-0.39, 0.29) is 0 Å². The second kappa shape index (κ2) is 4.68. The van der Waals surface area contributed by atoms with Gasteiger partial charge in [-0.15, -0.1) is 0 Å². The van der Waals surface area contributed by atoms with E-state index < -0.39 is 0 Å². The average Bonchev–Trinajstić information content (AvgIpc) is 3.21. The Morgan fingerprint density at radius 2 is 2.25 bits per heavy atom. The van der Waals surface area contributed by atoms with Gasteiger partial charge < -0.3 is 20.6 Å². The number of fused-ring (bicyclic) bond motifs is 1. The van der Waals surface area contributed by atoms with Gasteiger partial charge in [0.15, 0.2) is 0 Å². The van der Waals surface area contributed by atoms with E-state index in [0.717, 1.165) is 41.7 Å². The average molecular weight is 267 g/mol. The second-order valence-electron chi connectivity index (χ2n) is 5.22. The maximum atomic E-state index is 4.51. The summed E-state index contributed by atoms with van der Waals surface area (Å²) in [6.45, 7) is 2.10. The van der Waals surface area contributed by atoms with Crippen molar-refractivity contribution in [3.8, 4) is 11.1 Å². The molecule has 1 atom stereocenters. The molecule has 4 rings (SSSR count). The van der Waals surface area contributed by atoms with Gasteiger partial charge in [0.25, 0.3) is 0 Å². The zero-order chi connectivity index (χ0) is 13.4. The van der Waals surface area contributed by atoms with E-state index >= 15 is 0 Å². The summed E-state index contributed by atoms with van der Waals surface area (Å²) in [6.07, 6.45) is 8.98. The second-order valence-corrected chi connectivity index (χ2v) is 5.22. The molecule has 3 aromatic heterocycles. The van der Waals surface area contributed by atoms with Gasteiger partial charge in [-0.05, 0) is 25.1 Å². The molecule has 0 unspecified atom stereocenters. The SMILES string of the molecule is c1cc(-c2cnc3[nH]ccc3c2N[C@@H]2CCNC2)c[nH]1. The molecule has 0 bridgehead atoms. The third kappa shape index (κ3) is 1.87. The van der Waals surface area contributed by atoms with Crippen LogP contribution in [0.15, 0.2) is 36.9 Å². The van der Waals surface area contributed by atoms with Crippen molar-refractivity contribution in [2.45, 2.75) is 12.5 Å². The molecule has 4 heterocycles. The van der Waals surface area contributed by atoms with Crippen molar-refractivity contribution in [3.63, 3.8) is 0 Å². The lowest BCUT2D eigenvalue weighted by Gasteiger charge is -2.17. The molecule has 1 fully saturated rings. The summed E-state index contributed by atoms with van der Waals surface area (Å²) in [4.78, 5) is 10.8. The van der Waals surface area contributed by atoms with Crippen LogP contribution in [0.2, 0.25) is 0 Å². The van der Waals surface area contributed by atoms with Gasteiger partial charge in [-0.2, -0.15) is 0 Å². The zero-order valence-corrected chi connectivity index (χ0v) is 11.1. The van der Waals surface area contributed by atoms with E-state index in [1.54, 1.807) is 0 Å². The first-order valence-electron chi connectivity index (χ1n) is 6.98. The van der Waals surface area contributed by atoms with Gasteiger partial charge >= 0.3 is 0 Å². The first-order chi connectivity index (χ1) is 9.92. The van der Waals surface area contributed by atoms with E-state index in [9.17, 15) is 0 Å². The molecule has 0 radical (unpaired) electrons. The number of hydrogen-bond acceptors (Lipinski definition) is 3. The number of H-pyrrole nitrogens is 2. The maximum absolute atomic E-state index is 4.51. The van der Waals surface area contributed by atoms with Gasteiger partial charge in [0.1, 0.15) is 5.65 Å². The van der Waals surface area contributed by atoms with E-state index in [1.165, 1.54) is 5.69 Å². The number of pyridine rings is 1. The number of rotatable bonds is 3. The third-order valence-electron chi connectivity index (χ3n) is 3.90. The quantitative estimate of drug-likeness (QED) is 0.589. The van der Waals surface area contributed by atoms with Gasteiger partial charge in [0, 0.05) is 53.9 Å². The van der Waals surface area contributed by atoms with Gasteiger partial charge in [0.05, 0.1) is 5.69 Å². The molecule has 0 saturated carbocycles. The fourth-order valence-electron chi connectivity index (χ4n) is 2.86. The van der Waals surface area contributed by atoms with Crippen LogP contribution in [-0.4, -0.2) is 34.1 Å². The van der Waals surface area contributed by atoms with Crippen LogP contribution in [0.25, 0.3) is 22.2 Å². The number of nitrogens with one attached hydrogen (secondary N) is 4. The summed E-state index contributed by atoms with van der Waals surface area (Å²) < 4.78 is 0. The molecule has 1 saturated heterocycles. The van der Waals surface area contributed by atoms with Gasteiger partial charge in [-0.3, -0.25) is 0 Å². The normalized spacial score (nSPS) is 18.7. The summed E-state index contributed by atoms with van der Waals surface area (Å²) in [7, 11) is 0. The number of hydrogen-bond donors (Lipinski definition) is 4. The molecule has 0 amide bonds. The molecule has 4 N–H and O–H groups in total. The Hall–Kier alpha value is -2.27. The standard InChI is InChI=1S/C15H17N5/c1-4-16-7-10(1)13-9-19-15-12(3-6-18-15)14(13)20-11-2-5-17-8-11/h1,3-4,6-7,9,11,16-17H,2,5,8H2,(H2,18,19,20)/t11-/m1/s1. The molecule has 20 heavy (non-hydrogen) atoms. The van der Waals surface area contributed by atoms with Crippen molar-refractivity contribution in [1.82, 2.24) is 20.3 Å². The topological polar surface area (TPSA) is 68.5 Å². The fourth-order valence-corrected chi connectivity index (χ4v) is 2.86. The van der Waals surface area contributed by atoms with Crippen LogP contribution in [0, 0.1) is 0 Å². The Bertz CT molecular complexity index is 707. The Morgan fingerprint density at radius 1 is 1.25 bits per heavy atom. The summed E-state index contributed by atoms with van der Waals surface area (Å²) >= 11 is 0. The molecule has 1 aliphatic rings. The van der Waals surface area contributed by atoms with Crippen LogP contribution in [-0.2, 0) is 0 Å². The molecule has 0 spiro atoms. The van der Waals surface area contributed by atoms with Crippen molar-refractivity contribution in [1.29, 1.82) is 0 Å². The maximum Gasteiger partial charge on any atom is 0.139 e.